The van der Waals surface area contributed by atoms with Gasteiger partial charge >= 0.3 is 0 Å². The number of hydrogen-bond donors (Lipinski definition) is 0. The Morgan fingerprint density at radius 2 is 1.94 bits per heavy atom. The van der Waals surface area contributed by atoms with Crippen molar-refractivity contribution in [2.24, 2.45) is 0 Å². The quantitative estimate of drug-likeness (QED) is 0.774. The normalized spacial score (nSPS) is 10.4. The van der Waals surface area contributed by atoms with E-state index in [0.717, 1.165) is 23.5 Å². The van der Waals surface area contributed by atoms with Crippen LogP contribution in [0.1, 0.15) is 51.9 Å². The van der Waals surface area contributed by atoms with Gasteiger partial charge in [-0.3, -0.25) is 0 Å². The molecule has 0 unspecified atom stereocenters. The average Bonchev–Trinajstić information content (AvgIpc) is 2.74. The number of nitrogens with zero attached hydrogens (tertiary/aromatic N) is 3. The Bertz CT molecular complexity index is 443. The lowest BCUT2D eigenvalue weighted by molar-refractivity contribution is 0.823. The van der Waals surface area contributed by atoms with Gasteiger partial charge in [0.05, 0.1) is 17.6 Å². The Morgan fingerprint density at radius 3 is 2.50 bits per heavy atom. The van der Waals surface area contributed by atoms with Crippen molar-refractivity contribution in [1.82, 2.24) is 14.6 Å². The van der Waals surface area contributed by atoms with Crippen LogP contribution in [0.3, 0.4) is 0 Å². The van der Waals surface area contributed by atoms with Crippen molar-refractivity contribution < 1.29 is 0 Å². The molecular formula is C13H21N3. The van der Waals surface area contributed by atoms with Crippen LogP contribution in [0.5, 0.6) is 0 Å². The molecule has 3 heteroatoms. The maximum atomic E-state index is 4.49. The maximum absolute atomic E-state index is 4.49. The molecule has 16 heavy (non-hydrogen) atoms. The third-order valence-electron chi connectivity index (χ3n) is 2.35. The van der Waals surface area contributed by atoms with Crippen molar-refractivity contribution in [3.8, 4) is 0 Å². The van der Waals surface area contributed by atoms with Gasteiger partial charge in [0.1, 0.15) is 0 Å². The van der Waals surface area contributed by atoms with E-state index in [2.05, 4.69) is 30.9 Å². The molecule has 0 aliphatic carbocycles. The van der Waals surface area contributed by atoms with Gasteiger partial charge in [0.15, 0.2) is 5.65 Å². The third kappa shape index (κ3) is 2.60. The second-order valence-corrected chi connectivity index (χ2v) is 3.80. The van der Waals surface area contributed by atoms with E-state index in [4.69, 9.17) is 0 Å². The summed E-state index contributed by atoms with van der Waals surface area (Å²) in [5, 5.41) is 4.45. The molecule has 2 rings (SSSR count). The van der Waals surface area contributed by atoms with Crippen LogP contribution in [0.2, 0.25) is 0 Å². The van der Waals surface area contributed by atoms with E-state index in [0.29, 0.717) is 5.92 Å². The molecule has 0 atom stereocenters. The zero-order valence-electron chi connectivity index (χ0n) is 10.9. The largest absolute Gasteiger partial charge is 0.232 e. The molecule has 2 aromatic heterocycles. The monoisotopic (exact) mass is 219 g/mol. The number of aryl methyl sites for hydroxylation is 1. The summed E-state index contributed by atoms with van der Waals surface area (Å²) in [5.41, 5.74) is 3.14. The predicted molar refractivity (Wildman–Crippen MR) is 67.8 cm³/mol. The van der Waals surface area contributed by atoms with E-state index >= 15 is 0 Å². The molecule has 3 nitrogen and oxygen atoms in total. The number of fused-ring (bicyclic) bond motifs is 1. The van der Waals surface area contributed by atoms with E-state index in [9.17, 15) is 0 Å². The lowest BCUT2D eigenvalue weighted by Crippen LogP contribution is -1.94. The molecule has 88 valence electrons. The summed E-state index contributed by atoms with van der Waals surface area (Å²) in [7, 11) is 0. The molecule has 0 spiro atoms. The molecule has 0 bridgehead atoms. The van der Waals surface area contributed by atoms with Crippen molar-refractivity contribution in [2.45, 2.75) is 47.0 Å². The first kappa shape index (κ1) is 12.7. The second kappa shape index (κ2) is 5.64. The van der Waals surface area contributed by atoms with Gasteiger partial charge in [-0.05, 0) is 24.5 Å². The van der Waals surface area contributed by atoms with Gasteiger partial charge < -0.3 is 0 Å². The SMILES string of the molecule is CC.CCc1ccc2nc(C(C)C)cn2n1. The highest BCUT2D eigenvalue weighted by atomic mass is 15.2. The summed E-state index contributed by atoms with van der Waals surface area (Å²) < 4.78 is 1.87. The van der Waals surface area contributed by atoms with E-state index in [1.54, 1.807) is 0 Å². The van der Waals surface area contributed by atoms with E-state index in [-0.39, 0.29) is 0 Å². The van der Waals surface area contributed by atoms with Crippen molar-refractivity contribution in [3.05, 3.63) is 29.7 Å². The van der Waals surface area contributed by atoms with E-state index < -0.39 is 0 Å². The van der Waals surface area contributed by atoms with Gasteiger partial charge in [0, 0.05) is 0 Å². The highest BCUT2D eigenvalue weighted by Gasteiger charge is 2.05. The molecule has 0 radical (unpaired) electrons. The number of aromatic nitrogens is 3. The fourth-order valence-corrected chi connectivity index (χ4v) is 1.41. The molecule has 0 amide bonds. The summed E-state index contributed by atoms with van der Waals surface area (Å²) >= 11 is 0. The summed E-state index contributed by atoms with van der Waals surface area (Å²) in [6, 6.07) is 4.06. The van der Waals surface area contributed by atoms with Crippen molar-refractivity contribution in [1.29, 1.82) is 0 Å². The van der Waals surface area contributed by atoms with E-state index in [1.807, 2.05) is 36.7 Å². The summed E-state index contributed by atoms with van der Waals surface area (Å²) in [4.78, 5) is 4.49. The number of imidazole rings is 1. The van der Waals surface area contributed by atoms with Crippen LogP contribution < -0.4 is 0 Å². The third-order valence-corrected chi connectivity index (χ3v) is 2.35. The van der Waals surface area contributed by atoms with Gasteiger partial charge in [-0.15, -0.1) is 0 Å². The Kier molecular flexibility index (Phi) is 4.47. The Morgan fingerprint density at radius 1 is 1.25 bits per heavy atom. The van der Waals surface area contributed by atoms with E-state index in [1.165, 1.54) is 0 Å². The Balaban J connectivity index is 0.000000606. The van der Waals surface area contributed by atoms with Gasteiger partial charge in [-0.2, -0.15) is 5.10 Å². The minimum atomic E-state index is 0.460. The molecule has 0 aliphatic rings. The molecule has 0 N–H and O–H groups in total. The van der Waals surface area contributed by atoms with Crippen molar-refractivity contribution >= 4 is 5.65 Å². The fourth-order valence-electron chi connectivity index (χ4n) is 1.41. The minimum absolute atomic E-state index is 0.460. The molecule has 0 aliphatic heterocycles. The lowest BCUT2D eigenvalue weighted by Gasteiger charge is -1.95. The second-order valence-electron chi connectivity index (χ2n) is 3.80. The zero-order chi connectivity index (χ0) is 12.1. The van der Waals surface area contributed by atoms with Gasteiger partial charge in [-0.25, -0.2) is 9.50 Å². The van der Waals surface area contributed by atoms with Gasteiger partial charge in [0.2, 0.25) is 0 Å². The predicted octanol–water partition coefficient (Wildman–Crippen LogP) is 3.44. The number of hydrogen-bond acceptors (Lipinski definition) is 2. The lowest BCUT2D eigenvalue weighted by atomic mass is 10.2. The topological polar surface area (TPSA) is 30.2 Å². The first-order valence-corrected chi connectivity index (χ1v) is 6.06. The Labute approximate surface area is 97.5 Å². The van der Waals surface area contributed by atoms with Crippen LogP contribution in [-0.2, 0) is 6.42 Å². The van der Waals surface area contributed by atoms with Crippen molar-refractivity contribution in [3.63, 3.8) is 0 Å². The van der Waals surface area contributed by atoms with Gasteiger partial charge in [-0.1, -0.05) is 34.6 Å². The van der Waals surface area contributed by atoms with Crippen LogP contribution in [0.25, 0.3) is 5.65 Å². The maximum Gasteiger partial charge on any atom is 0.153 e. The Hall–Kier alpha value is -1.38. The molecule has 2 heterocycles. The van der Waals surface area contributed by atoms with Crippen LogP contribution in [0.4, 0.5) is 0 Å². The minimum Gasteiger partial charge on any atom is -0.232 e. The fraction of sp³-hybridized carbons (Fsp3) is 0.538. The van der Waals surface area contributed by atoms with Crippen molar-refractivity contribution in [2.75, 3.05) is 0 Å². The smallest absolute Gasteiger partial charge is 0.153 e. The molecule has 0 aromatic carbocycles. The summed E-state index contributed by atoms with van der Waals surface area (Å²) in [5.74, 6) is 0.460. The standard InChI is InChI=1S/C11H15N3.C2H6/c1-4-9-5-6-11-12-10(8(2)3)7-14(11)13-9;1-2/h5-8H,4H2,1-3H3;1-2H3. The van der Waals surface area contributed by atoms with Crippen LogP contribution >= 0.6 is 0 Å². The zero-order valence-corrected chi connectivity index (χ0v) is 10.9. The number of rotatable bonds is 2. The van der Waals surface area contributed by atoms with Crippen LogP contribution in [0.15, 0.2) is 18.3 Å². The first-order valence-electron chi connectivity index (χ1n) is 6.06. The van der Waals surface area contributed by atoms with Gasteiger partial charge in [0.25, 0.3) is 0 Å². The summed E-state index contributed by atoms with van der Waals surface area (Å²) in [6.07, 6.45) is 2.98. The highest BCUT2D eigenvalue weighted by Crippen LogP contribution is 2.13. The molecule has 0 fully saturated rings. The average molecular weight is 219 g/mol. The molecule has 2 aromatic rings. The highest BCUT2D eigenvalue weighted by molar-refractivity contribution is 5.39. The molecule has 0 saturated heterocycles. The van der Waals surface area contributed by atoms with Crippen LogP contribution in [-0.4, -0.2) is 14.6 Å². The summed E-state index contributed by atoms with van der Waals surface area (Å²) in [6.45, 7) is 10.4. The van der Waals surface area contributed by atoms with Crippen LogP contribution in [0, 0.1) is 0 Å². The molecular weight excluding hydrogens is 198 g/mol. The first-order chi connectivity index (χ1) is 7.70. The molecule has 0 saturated carbocycles.